The van der Waals surface area contributed by atoms with E-state index in [9.17, 15) is 9.59 Å². The van der Waals surface area contributed by atoms with Crippen LogP contribution in [0.25, 0.3) is 0 Å². The van der Waals surface area contributed by atoms with E-state index in [4.69, 9.17) is 4.74 Å². The van der Waals surface area contributed by atoms with Crippen LogP contribution in [0.2, 0.25) is 0 Å². The van der Waals surface area contributed by atoms with E-state index < -0.39 is 11.4 Å². The van der Waals surface area contributed by atoms with Gasteiger partial charge in [0.2, 0.25) is 5.88 Å². The SMILES string of the molecule is Cc1ccccc1C(=O)N(NC(=O)c1cccnc1OCS)C(C)(C)C. The van der Waals surface area contributed by atoms with Crippen LogP contribution in [0, 0.1) is 6.92 Å². The van der Waals surface area contributed by atoms with Crippen molar-refractivity contribution in [1.82, 2.24) is 15.4 Å². The van der Waals surface area contributed by atoms with E-state index in [1.165, 1.54) is 11.2 Å². The molecule has 1 aromatic heterocycles. The highest BCUT2D eigenvalue weighted by molar-refractivity contribution is 7.80. The van der Waals surface area contributed by atoms with E-state index in [1.807, 2.05) is 39.8 Å². The van der Waals surface area contributed by atoms with E-state index >= 15 is 0 Å². The van der Waals surface area contributed by atoms with Gasteiger partial charge >= 0.3 is 0 Å². The zero-order valence-corrected chi connectivity index (χ0v) is 16.2. The predicted octanol–water partition coefficient (Wildman–Crippen LogP) is 3.24. The normalized spacial score (nSPS) is 11.0. The lowest BCUT2D eigenvalue weighted by Crippen LogP contribution is -2.56. The van der Waals surface area contributed by atoms with Crippen molar-refractivity contribution < 1.29 is 14.3 Å². The van der Waals surface area contributed by atoms with Gasteiger partial charge < -0.3 is 4.74 Å². The molecule has 0 spiro atoms. The number of pyridine rings is 1. The molecule has 0 saturated heterocycles. The fraction of sp³-hybridized carbons (Fsp3) is 0.316. The number of thiol groups is 1. The fourth-order valence-electron chi connectivity index (χ4n) is 2.36. The van der Waals surface area contributed by atoms with Gasteiger partial charge in [-0.25, -0.2) is 9.99 Å². The lowest BCUT2D eigenvalue weighted by Gasteiger charge is -2.35. The Labute approximate surface area is 158 Å². The van der Waals surface area contributed by atoms with Crippen LogP contribution in [-0.4, -0.2) is 33.3 Å². The number of carbonyl (C=O) groups excluding carboxylic acids is 2. The van der Waals surface area contributed by atoms with Crippen molar-refractivity contribution in [2.75, 3.05) is 5.94 Å². The lowest BCUT2D eigenvalue weighted by atomic mass is 10.0. The van der Waals surface area contributed by atoms with Crippen LogP contribution in [0.5, 0.6) is 5.88 Å². The molecule has 0 fully saturated rings. The summed E-state index contributed by atoms with van der Waals surface area (Å²) in [6.07, 6.45) is 1.52. The van der Waals surface area contributed by atoms with Crippen LogP contribution in [0.1, 0.15) is 47.1 Å². The number of hydrazine groups is 1. The minimum atomic E-state index is -0.637. The Morgan fingerprint density at radius 2 is 1.81 bits per heavy atom. The highest BCUT2D eigenvalue weighted by Crippen LogP contribution is 2.20. The minimum absolute atomic E-state index is 0.0857. The third-order valence-electron chi connectivity index (χ3n) is 3.68. The zero-order chi connectivity index (χ0) is 19.3. The number of carbonyl (C=O) groups is 2. The van der Waals surface area contributed by atoms with Crippen molar-refractivity contribution in [2.45, 2.75) is 33.2 Å². The van der Waals surface area contributed by atoms with Crippen LogP contribution < -0.4 is 10.2 Å². The summed E-state index contributed by atoms with van der Waals surface area (Å²) in [6, 6.07) is 10.5. The predicted molar refractivity (Wildman–Crippen MR) is 103 cm³/mol. The maximum atomic E-state index is 13.0. The molecule has 6 nitrogen and oxygen atoms in total. The Hall–Kier alpha value is -2.54. The number of benzene rings is 1. The molecule has 2 aromatic rings. The molecule has 0 aliphatic heterocycles. The molecule has 0 aliphatic rings. The first kappa shape index (κ1) is 19.8. The average Bonchev–Trinajstić information content (AvgIpc) is 2.59. The standard InChI is InChI=1S/C19H23N3O3S/c1-13-8-5-6-9-14(13)18(24)22(19(2,3)4)21-16(23)15-10-7-11-20-17(15)25-12-26/h5-11,26H,12H2,1-4H3,(H,21,23). The molecule has 1 aromatic carbocycles. The fourth-order valence-corrected chi connectivity index (χ4v) is 2.48. The van der Waals surface area contributed by atoms with E-state index in [0.29, 0.717) is 5.56 Å². The van der Waals surface area contributed by atoms with Crippen molar-refractivity contribution in [3.8, 4) is 5.88 Å². The third-order valence-corrected chi connectivity index (χ3v) is 3.81. The summed E-state index contributed by atoms with van der Waals surface area (Å²) in [4.78, 5) is 29.9. The summed E-state index contributed by atoms with van der Waals surface area (Å²) in [5, 5.41) is 1.33. The molecule has 0 aliphatic carbocycles. The van der Waals surface area contributed by atoms with Gasteiger partial charge in [0.15, 0.2) is 0 Å². The second-order valence-electron chi connectivity index (χ2n) is 6.70. The Balaban J connectivity index is 2.34. The van der Waals surface area contributed by atoms with Gasteiger partial charge in [0.25, 0.3) is 11.8 Å². The molecule has 0 bridgehead atoms. The Morgan fingerprint density at radius 1 is 1.15 bits per heavy atom. The van der Waals surface area contributed by atoms with Gasteiger partial charge in [0.05, 0.1) is 5.54 Å². The minimum Gasteiger partial charge on any atom is -0.466 e. The molecule has 0 saturated carbocycles. The van der Waals surface area contributed by atoms with Gasteiger partial charge in [-0.1, -0.05) is 18.2 Å². The van der Waals surface area contributed by atoms with Crippen LogP contribution in [0.15, 0.2) is 42.6 Å². The maximum Gasteiger partial charge on any atom is 0.275 e. The second-order valence-corrected chi connectivity index (χ2v) is 6.95. The number of hydrogen-bond acceptors (Lipinski definition) is 5. The molecule has 2 amide bonds. The molecular weight excluding hydrogens is 350 g/mol. The van der Waals surface area contributed by atoms with Crippen LogP contribution >= 0.6 is 12.6 Å². The van der Waals surface area contributed by atoms with E-state index in [2.05, 4.69) is 23.0 Å². The molecule has 0 atom stereocenters. The number of nitrogens with zero attached hydrogens (tertiary/aromatic N) is 2. The topological polar surface area (TPSA) is 71.5 Å². The van der Waals surface area contributed by atoms with Crippen molar-refractivity contribution in [3.05, 3.63) is 59.3 Å². The molecule has 1 N–H and O–H groups in total. The largest absolute Gasteiger partial charge is 0.466 e. The molecule has 1 heterocycles. The first-order chi connectivity index (χ1) is 12.3. The van der Waals surface area contributed by atoms with Crippen molar-refractivity contribution in [3.63, 3.8) is 0 Å². The Kier molecular flexibility index (Phi) is 6.26. The van der Waals surface area contributed by atoms with Gasteiger partial charge in [0, 0.05) is 11.8 Å². The van der Waals surface area contributed by atoms with E-state index in [-0.39, 0.29) is 23.3 Å². The smallest absolute Gasteiger partial charge is 0.275 e. The van der Waals surface area contributed by atoms with Crippen molar-refractivity contribution in [1.29, 1.82) is 0 Å². The van der Waals surface area contributed by atoms with Gasteiger partial charge in [-0.2, -0.15) is 0 Å². The van der Waals surface area contributed by atoms with Gasteiger partial charge in [-0.05, 0) is 51.5 Å². The number of ether oxygens (including phenoxy) is 1. The third kappa shape index (κ3) is 4.54. The van der Waals surface area contributed by atoms with Crippen molar-refractivity contribution in [2.24, 2.45) is 0 Å². The van der Waals surface area contributed by atoms with Crippen molar-refractivity contribution >= 4 is 24.4 Å². The number of aromatic nitrogens is 1. The second kappa shape index (κ2) is 8.23. The molecule has 0 radical (unpaired) electrons. The highest BCUT2D eigenvalue weighted by atomic mass is 32.1. The summed E-state index contributed by atoms with van der Waals surface area (Å²) in [5.41, 5.74) is 3.65. The van der Waals surface area contributed by atoms with Gasteiger partial charge in [0.1, 0.15) is 11.5 Å². The highest BCUT2D eigenvalue weighted by Gasteiger charge is 2.31. The van der Waals surface area contributed by atoms with Gasteiger partial charge in [-0.3, -0.25) is 15.0 Å². The first-order valence-electron chi connectivity index (χ1n) is 8.15. The molecular formula is C19H23N3O3S. The molecule has 0 unspecified atom stereocenters. The maximum absolute atomic E-state index is 13.0. The number of rotatable bonds is 4. The number of hydrogen-bond donors (Lipinski definition) is 2. The monoisotopic (exact) mass is 373 g/mol. The summed E-state index contributed by atoms with van der Waals surface area (Å²) in [6.45, 7) is 7.39. The number of nitrogens with one attached hydrogen (secondary N) is 1. The molecule has 2 rings (SSSR count). The van der Waals surface area contributed by atoms with Crippen LogP contribution in [-0.2, 0) is 0 Å². The summed E-state index contributed by atoms with van der Waals surface area (Å²) >= 11 is 4.00. The summed E-state index contributed by atoms with van der Waals surface area (Å²) in [7, 11) is 0. The summed E-state index contributed by atoms with van der Waals surface area (Å²) < 4.78 is 5.28. The average molecular weight is 373 g/mol. The van der Waals surface area contributed by atoms with E-state index in [0.717, 1.165) is 5.56 Å². The Morgan fingerprint density at radius 3 is 2.42 bits per heavy atom. The van der Waals surface area contributed by atoms with Crippen LogP contribution in [0.3, 0.4) is 0 Å². The quantitative estimate of drug-likeness (QED) is 0.490. The zero-order valence-electron chi connectivity index (χ0n) is 15.3. The number of aryl methyl sites for hydroxylation is 1. The van der Waals surface area contributed by atoms with E-state index in [1.54, 1.807) is 24.3 Å². The summed E-state index contributed by atoms with van der Waals surface area (Å²) in [5.74, 6) is -0.518. The lowest BCUT2D eigenvalue weighted by molar-refractivity contribution is 0.0356. The Bertz CT molecular complexity index is 803. The number of amides is 2. The van der Waals surface area contributed by atoms with Gasteiger partial charge in [-0.15, -0.1) is 12.6 Å². The molecule has 138 valence electrons. The molecule has 7 heteroatoms. The van der Waals surface area contributed by atoms with Crippen LogP contribution in [0.4, 0.5) is 0 Å². The molecule has 26 heavy (non-hydrogen) atoms. The first-order valence-corrected chi connectivity index (χ1v) is 8.79.